The van der Waals surface area contributed by atoms with E-state index >= 15 is 0 Å². The van der Waals surface area contributed by atoms with E-state index in [1.807, 2.05) is 11.9 Å². The number of carbonyl (C=O) groups is 1. The predicted molar refractivity (Wildman–Crippen MR) is 44.9 cm³/mol. The number of hydrogen-bond acceptors (Lipinski definition) is 4. The molecule has 0 spiro atoms. The number of halogens is 1. The van der Waals surface area contributed by atoms with Gasteiger partial charge >= 0.3 is 90.4 Å². The first-order chi connectivity index (χ1) is 6.19. The fraction of sp³-hybridized carbons (Fsp3) is 0.429. The van der Waals surface area contributed by atoms with Gasteiger partial charge in [-0.15, -0.1) is 0 Å². The van der Waals surface area contributed by atoms with Crippen LogP contribution in [-0.4, -0.2) is 27.6 Å². The van der Waals surface area contributed by atoms with Gasteiger partial charge in [0.05, 0.1) is 0 Å². The van der Waals surface area contributed by atoms with Crippen LogP contribution in [0.25, 0.3) is 0 Å². The van der Waals surface area contributed by atoms with Gasteiger partial charge in [0.1, 0.15) is 0 Å². The molecule has 0 bridgehead atoms. The Morgan fingerprint density at radius 3 is 2.92 bits per heavy atom. The van der Waals surface area contributed by atoms with Crippen molar-refractivity contribution < 1.29 is 35.8 Å². The van der Waals surface area contributed by atoms with Crippen LogP contribution >= 0.6 is 11.3 Å². The van der Waals surface area contributed by atoms with Crippen molar-refractivity contribution in [2.45, 2.75) is 6.92 Å². The first kappa shape index (κ1) is 10.7. The second kappa shape index (κ2) is 4.75. The summed E-state index contributed by atoms with van der Waals surface area (Å²) in [6, 6.07) is 0. The number of hydrogen-bond donors (Lipinski definition) is 1. The van der Waals surface area contributed by atoms with Gasteiger partial charge in [0.2, 0.25) is 0 Å². The Morgan fingerprint density at radius 2 is 2.46 bits per heavy atom. The van der Waals surface area contributed by atoms with Crippen LogP contribution in [-0.2, 0) is 0 Å². The zero-order chi connectivity index (χ0) is 9.84. The van der Waals surface area contributed by atoms with Crippen LogP contribution in [0.4, 0.5) is 0 Å². The topological polar surface area (TPSA) is 59.4 Å². The molecule has 0 radical (unpaired) electrons. The quantitative estimate of drug-likeness (QED) is 0.522. The summed E-state index contributed by atoms with van der Waals surface area (Å²) < 4.78 is 6.02. The molecule has 13 heavy (non-hydrogen) atoms. The van der Waals surface area contributed by atoms with Crippen LogP contribution in [0, 0.1) is 3.01 Å². The van der Waals surface area contributed by atoms with Crippen LogP contribution < -0.4 is 25.9 Å². The molecule has 0 saturated heterocycles. The summed E-state index contributed by atoms with van der Waals surface area (Å²) in [4.78, 5) is 17.1. The Labute approximate surface area is 90.2 Å². The number of carboxylic acid groups (broad SMARTS) is 1. The third-order valence-corrected chi connectivity index (χ3v) is 4.88. The molecule has 4 nitrogen and oxygen atoms in total. The molecule has 0 aromatic carbocycles. The van der Waals surface area contributed by atoms with Crippen LogP contribution in [0.1, 0.15) is 16.6 Å². The molecular formula is C7H9INO3S-. The molecule has 0 unspecified atom stereocenters. The summed E-state index contributed by atoms with van der Waals surface area (Å²) in [6.45, 7) is 2.26. The maximum atomic E-state index is 10.7. The molecular weight excluding hydrogens is 305 g/mol. The molecule has 6 heteroatoms. The zero-order valence-corrected chi connectivity index (χ0v) is 10.2. The van der Waals surface area contributed by atoms with E-state index in [1.54, 1.807) is 0 Å². The molecule has 0 aliphatic carbocycles. The van der Waals surface area contributed by atoms with Gasteiger partial charge in [0, 0.05) is 0 Å². The van der Waals surface area contributed by atoms with Crippen LogP contribution in [0.2, 0.25) is 0 Å². The van der Waals surface area contributed by atoms with E-state index in [2.05, 4.69) is 4.98 Å². The average molecular weight is 314 g/mol. The van der Waals surface area contributed by atoms with Crippen molar-refractivity contribution in [2.75, 3.05) is 11.5 Å². The summed E-state index contributed by atoms with van der Waals surface area (Å²) in [5, 5.41) is 8.80. The fourth-order valence-electron chi connectivity index (χ4n) is 0.732. The number of alkyl halides is 1. The Bertz CT molecular complexity index is 313. The van der Waals surface area contributed by atoms with E-state index in [0.717, 1.165) is 3.01 Å². The van der Waals surface area contributed by atoms with Crippen LogP contribution in [0.5, 0.6) is 5.88 Å². The number of nitrogens with zero attached hydrogens (tertiary/aromatic N) is 1. The average Bonchev–Trinajstić information content (AvgIpc) is 2.48. The second-order valence-corrected chi connectivity index (χ2v) is 5.86. The van der Waals surface area contributed by atoms with E-state index in [1.165, 1.54) is 11.3 Å². The fourth-order valence-corrected chi connectivity index (χ4v) is 3.17. The standard InChI is InChI=1S/C7H9INO3S/c1-3-12-5-4(6(10)11)13-7(8-2)9-5/h3H2,1-2H3,(H,10,11)/q-1. The molecule has 1 rings (SSSR count). The number of ether oxygens (including phenoxy) is 1. The molecule has 0 amide bonds. The normalized spacial score (nSPS) is 10.3. The predicted octanol–water partition coefficient (Wildman–Crippen LogP) is -1.87. The Hall–Kier alpha value is -0.370. The molecule has 74 valence electrons. The van der Waals surface area contributed by atoms with Gasteiger partial charge in [0.25, 0.3) is 0 Å². The van der Waals surface area contributed by atoms with Gasteiger partial charge in [0.15, 0.2) is 0 Å². The SMILES string of the molecule is CCOc1nc([I-]C)sc1C(=O)O. The maximum absolute atomic E-state index is 10.7. The number of aromatic carboxylic acids is 1. The molecule has 0 aliphatic heterocycles. The molecule has 0 fully saturated rings. The van der Waals surface area contributed by atoms with E-state index in [0.29, 0.717) is 6.61 Å². The van der Waals surface area contributed by atoms with E-state index in [-0.39, 0.29) is 32.0 Å². The van der Waals surface area contributed by atoms with Crippen molar-refractivity contribution in [3.63, 3.8) is 0 Å². The first-order valence-corrected chi connectivity index (χ1v) is 7.60. The van der Waals surface area contributed by atoms with E-state index in [9.17, 15) is 4.79 Å². The third kappa shape index (κ3) is 2.53. The van der Waals surface area contributed by atoms with Gasteiger partial charge in [-0.1, -0.05) is 0 Å². The first-order valence-electron chi connectivity index (χ1n) is 3.55. The number of carboxylic acids is 1. The molecule has 1 heterocycles. The second-order valence-electron chi connectivity index (χ2n) is 2.03. The molecule has 1 aromatic rings. The number of rotatable bonds is 4. The van der Waals surface area contributed by atoms with Gasteiger partial charge in [-0.2, -0.15) is 0 Å². The van der Waals surface area contributed by atoms with Crippen molar-refractivity contribution in [3.05, 3.63) is 7.89 Å². The zero-order valence-electron chi connectivity index (χ0n) is 7.20. The van der Waals surface area contributed by atoms with Crippen LogP contribution in [0.3, 0.4) is 0 Å². The molecule has 1 N–H and O–H groups in total. The third-order valence-electron chi connectivity index (χ3n) is 1.21. The van der Waals surface area contributed by atoms with E-state index < -0.39 is 5.97 Å². The number of thiazole rings is 1. The van der Waals surface area contributed by atoms with E-state index in [4.69, 9.17) is 9.84 Å². The van der Waals surface area contributed by atoms with Crippen LogP contribution in [0.15, 0.2) is 0 Å². The summed E-state index contributed by atoms with van der Waals surface area (Å²) in [7, 11) is 0. The van der Waals surface area contributed by atoms with Crippen molar-refractivity contribution >= 4 is 17.3 Å². The summed E-state index contributed by atoms with van der Waals surface area (Å²) in [5.41, 5.74) is 0. The Balaban J connectivity index is 3.00. The Morgan fingerprint density at radius 1 is 1.77 bits per heavy atom. The minimum absolute atomic E-state index is 0.159. The summed E-state index contributed by atoms with van der Waals surface area (Å²) >= 11 is 1.06. The monoisotopic (exact) mass is 314 g/mol. The summed E-state index contributed by atoms with van der Waals surface area (Å²) in [6.07, 6.45) is 0. The Kier molecular flexibility index (Phi) is 3.91. The van der Waals surface area contributed by atoms with Gasteiger partial charge in [-0.25, -0.2) is 0 Å². The molecule has 0 atom stereocenters. The minimum atomic E-state index is -0.954. The van der Waals surface area contributed by atoms with Gasteiger partial charge in [-0.05, 0) is 0 Å². The van der Waals surface area contributed by atoms with Crippen molar-refractivity contribution in [1.29, 1.82) is 0 Å². The molecule has 0 aliphatic rings. The van der Waals surface area contributed by atoms with Crippen molar-refractivity contribution in [1.82, 2.24) is 4.98 Å². The van der Waals surface area contributed by atoms with Crippen molar-refractivity contribution in [3.8, 4) is 5.88 Å². The van der Waals surface area contributed by atoms with Gasteiger partial charge < -0.3 is 0 Å². The number of aromatic nitrogens is 1. The van der Waals surface area contributed by atoms with Crippen molar-refractivity contribution in [2.24, 2.45) is 0 Å². The van der Waals surface area contributed by atoms with Gasteiger partial charge in [-0.3, -0.25) is 0 Å². The molecule has 1 aromatic heterocycles. The molecule has 0 saturated carbocycles. The summed E-state index contributed by atoms with van der Waals surface area (Å²) in [5.74, 6) is -0.679.